The molecule has 1 heterocycles. The minimum atomic E-state index is -0.286. The van der Waals surface area contributed by atoms with Gasteiger partial charge in [0, 0.05) is 17.8 Å². The fraction of sp³-hybridized carbons (Fsp3) is 0.154. The molecular formula is C13H12N2O2. The van der Waals surface area contributed by atoms with Crippen LogP contribution in [0.2, 0.25) is 0 Å². The highest BCUT2D eigenvalue weighted by molar-refractivity contribution is 5.95. The van der Waals surface area contributed by atoms with Gasteiger partial charge in [-0.25, -0.2) is 0 Å². The number of benzene rings is 1. The van der Waals surface area contributed by atoms with Gasteiger partial charge in [-0.2, -0.15) is 4.98 Å². The normalized spacial score (nSPS) is 10.2. The van der Waals surface area contributed by atoms with Crippen molar-refractivity contribution >= 4 is 5.78 Å². The number of rotatable bonds is 3. The van der Waals surface area contributed by atoms with Crippen molar-refractivity contribution in [2.24, 2.45) is 0 Å². The van der Waals surface area contributed by atoms with Crippen LogP contribution in [-0.4, -0.2) is 15.3 Å². The van der Waals surface area contributed by atoms with Crippen molar-refractivity contribution in [2.75, 3.05) is 0 Å². The topological polar surface area (TPSA) is 52.0 Å². The summed E-state index contributed by atoms with van der Waals surface area (Å²) in [5.41, 5.74) is 0.372. The van der Waals surface area contributed by atoms with Gasteiger partial charge < -0.3 is 4.57 Å². The second-order valence-corrected chi connectivity index (χ2v) is 3.73. The quantitative estimate of drug-likeness (QED) is 0.747. The number of aryl methyl sites for hydroxylation is 1. The Morgan fingerprint density at radius 1 is 1.24 bits per heavy atom. The van der Waals surface area contributed by atoms with E-state index in [0.717, 1.165) is 0 Å². The van der Waals surface area contributed by atoms with Crippen LogP contribution < -0.4 is 5.56 Å². The average molecular weight is 228 g/mol. The van der Waals surface area contributed by atoms with Crippen LogP contribution >= 0.6 is 0 Å². The molecule has 0 saturated heterocycles. The number of carbonyl (C=O) groups is 1. The Morgan fingerprint density at radius 2 is 1.94 bits per heavy atom. The second kappa shape index (κ2) is 4.74. The molecule has 0 radical (unpaired) electrons. The highest BCUT2D eigenvalue weighted by Crippen LogP contribution is 2.02. The smallest absolute Gasteiger partial charge is 0.272 e. The Labute approximate surface area is 98.6 Å². The van der Waals surface area contributed by atoms with Crippen molar-refractivity contribution in [2.45, 2.75) is 13.5 Å². The Balaban J connectivity index is 2.22. The number of nitrogens with zero attached hydrogens (tertiary/aromatic N) is 2. The molecule has 0 amide bonds. The molecule has 86 valence electrons. The van der Waals surface area contributed by atoms with Gasteiger partial charge in [-0.1, -0.05) is 30.3 Å². The Kier molecular flexibility index (Phi) is 3.14. The van der Waals surface area contributed by atoms with Gasteiger partial charge in [-0.3, -0.25) is 9.59 Å². The summed E-state index contributed by atoms with van der Waals surface area (Å²) in [6.07, 6.45) is 1.59. The van der Waals surface area contributed by atoms with E-state index in [1.54, 1.807) is 29.8 Å². The molecule has 4 heteroatoms. The molecule has 0 atom stereocenters. The van der Waals surface area contributed by atoms with E-state index in [1.807, 2.05) is 18.2 Å². The van der Waals surface area contributed by atoms with E-state index >= 15 is 0 Å². The Morgan fingerprint density at radius 3 is 2.59 bits per heavy atom. The third-order valence-corrected chi connectivity index (χ3v) is 2.49. The summed E-state index contributed by atoms with van der Waals surface area (Å²) in [5.74, 6) is 0.543. The van der Waals surface area contributed by atoms with Crippen LogP contribution in [0, 0.1) is 6.92 Å². The van der Waals surface area contributed by atoms with E-state index in [1.165, 1.54) is 6.07 Å². The highest BCUT2D eigenvalue weighted by Gasteiger charge is 2.07. The number of hydrogen-bond donors (Lipinski definition) is 0. The summed E-state index contributed by atoms with van der Waals surface area (Å²) >= 11 is 0. The summed E-state index contributed by atoms with van der Waals surface area (Å²) in [7, 11) is 0. The van der Waals surface area contributed by atoms with Gasteiger partial charge in [-0.05, 0) is 6.92 Å². The molecular weight excluding hydrogens is 216 g/mol. The molecule has 0 aliphatic carbocycles. The average Bonchev–Trinajstić information content (AvgIpc) is 2.34. The van der Waals surface area contributed by atoms with E-state index in [4.69, 9.17) is 0 Å². The van der Waals surface area contributed by atoms with Gasteiger partial charge in [-0.15, -0.1) is 0 Å². The van der Waals surface area contributed by atoms with Gasteiger partial charge in [0.15, 0.2) is 5.78 Å². The van der Waals surface area contributed by atoms with Crippen molar-refractivity contribution in [3.8, 4) is 0 Å². The monoisotopic (exact) mass is 228 g/mol. The van der Waals surface area contributed by atoms with Gasteiger partial charge in [0.2, 0.25) is 0 Å². The predicted octanol–water partition coefficient (Wildman–Crippen LogP) is 1.43. The van der Waals surface area contributed by atoms with Crippen LogP contribution in [-0.2, 0) is 6.54 Å². The van der Waals surface area contributed by atoms with Crippen molar-refractivity contribution in [3.63, 3.8) is 0 Å². The van der Waals surface area contributed by atoms with Crippen LogP contribution in [0.25, 0.3) is 0 Å². The molecule has 0 bridgehead atoms. The summed E-state index contributed by atoms with van der Waals surface area (Å²) in [6, 6.07) is 10.4. The molecule has 0 N–H and O–H groups in total. The zero-order valence-corrected chi connectivity index (χ0v) is 9.46. The predicted molar refractivity (Wildman–Crippen MR) is 64.0 cm³/mol. The van der Waals surface area contributed by atoms with Gasteiger partial charge in [0.25, 0.3) is 5.56 Å². The standard InChI is InChI=1S/C13H12N2O2/c1-10-14-13(17)7-8-15(10)9-12(16)11-5-3-2-4-6-11/h2-8H,9H2,1H3. The minimum absolute atomic E-state index is 0.000788. The van der Waals surface area contributed by atoms with Crippen molar-refractivity contribution in [3.05, 3.63) is 64.3 Å². The molecule has 4 nitrogen and oxygen atoms in total. The molecule has 0 saturated carbocycles. The first kappa shape index (κ1) is 11.3. The molecule has 17 heavy (non-hydrogen) atoms. The van der Waals surface area contributed by atoms with Crippen molar-refractivity contribution < 1.29 is 4.79 Å². The third-order valence-electron chi connectivity index (χ3n) is 2.49. The summed E-state index contributed by atoms with van der Waals surface area (Å²) < 4.78 is 1.66. The fourth-order valence-electron chi connectivity index (χ4n) is 1.56. The summed E-state index contributed by atoms with van der Waals surface area (Å²) in [6.45, 7) is 1.91. The minimum Gasteiger partial charge on any atom is -0.329 e. The maximum Gasteiger partial charge on any atom is 0.272 e. The lowest BCUT2D eigenvalue weighted by atomic mass is 10.1. The zero-order valence-electron chi connectivity index (χ0n) is 9.46. The number of Topliss-reactive ketones (excluding diaryl/α,β-unsaturated/α-hetero) is 1. The first-order valence-corrected chi connectivity index (χ1v) is 5.29. The lowest BCUT2D eigenvalue weighted by Gasteiger charge is -2.07. The van der Waals surface area contributed by atoms with Crippen LogP contribution in [0.5, 0.6) is 0 Å². The van der Waals surface area contributed by atoms with E-state index in [9.17, 15) is 9.59 Å². The first-order chi connectivity index (χ1) is 8.16. The molecule has 1 aromatic heterocycles. The van der Waals surface area contributed by atoms with Crippen molar-refractivity contribution in [1.29, 1.82) is 0 Å². The SMILES string of the molecule is Cc1nc(=O)ccn1CC(=O)c1ccccc1. The van der Waals surface area contributed by atoms with Crippen LogP contribution in [0.3, 0.4) is 0 Å². The summed E-state index contributed by atoms with van der Waals surface area (Å²) in [4.78, 5) is 26.7. The lowest BCUT2D eigenvalue weighted by molar-refractivity contribution is 0.0970. The Hall–Kier alpha value is -2.23. The molecule has 2 rings (SSSR count). The maximum absolute atomic E-state index is 11.9. The third kappa shape index (κ3) is 2.66. The van der Waals surface area contributed by atoms with Gasteiger partial charge >= 0.3 is 0 Å². The maximum atomic E-state index is 11.9. The summed E-state index contributed by atoms with van der Waals surface area (Å²) in [5, 5.41) is 0. The number of ketones is 1. The van der Waals surface area contributed by atoms with E-state index in [2.05, 4.69) is 4.98 Å². The van der Waals surface area contributed by atoms with E-state index in [-0.39, 0.29) is 17.9 Å². The largest absolute Gasteiger partial charge is 0.329 e. The molecule has 1 aromatic carbocycles. The Bertz CT molecular complexity index is 588. The van der Waals surface area contributed by atoms with Gasteiger partial charge in [0.05, 0.1) is 6.54 Å². The number of aromatic nitrogens is 2. The molecule has 2 aromatic rings. The highest BCUT2D eigenvalue weighted by atomic mass is 16.1. The first-order valence-electron chi connectivity index (χ1n) is 5.29. The van der Waals surface area contributed by atoms with Gasteiger partial charge in [0.1, 0.15) is 5.82 Å². The van der Waals surface area contributed by atoms with E-state index < -0.39 is 0 Å². The second-order valence-electron chi connectivity index (χ2n) is 3.73. The van der Waals surface area contributed by atoms with Crippen LogP contribution in [0.15, 0.2) is 47.4 Å². The van der Waals surface area contributed by atoms with Crippen LogP contribution in [0.4, 0.5) is 0 Å². The zero-order chi connectivity index (χ0) is 12.3. The van der Waals surface area contributed by atoms with Crippen molar-refractivity contribution in [1.82, 2.24) is 9.55 Å². The molecule has 0 aliphatic rings. The molecule has 0 unspecified atom stereocenters. The van der Waals surface area contributed by atoms with E-state index in [0.29, 0.717) is 11.4 Å². The molecule has 0 aliphatic heterocycles. The number of carbonyl (C=O) groups excluding carboxylic acids is 1. The molecule has 0 fully saturated rings. The number of hydrogen-bond acceptors (Lipinski definition) is 3. The van der Waals surface area contributed by atoms with Crippen LogP contribution in [0.1, 0.15) is 16.2 Å². The molecule has 0 spiro atoms. The lowest BCUT2D eigenvalue weighted by Crippen LogP contribution is -2.18. The fourth-order valence-corrected chi connectivity index (χ4v) is 1.56.